The lowest BCUT2D eigenvalue weighted by Gasteiger charge is -2.12. The van der Waals surface area contributed by atoms with Crippen molar-refractivity contribution in [3.05, 3.63) is 52.5 Å². The fourth-order valence-corrected chi connectivity index (χ4v) is 4.59. The van der Waals surface area contributed by atoms with Crippen LogP contribution in [0.4, 0.5) is 0 Å². The number of ether oxygens (including phenoxy) is 1. The average Bonchev–Trinajstić information content (AvgIpc) is 3.33. The van der Waals surface area contributed by atoms with Crippen molar-refractivity contribution in [1.29, 1.82) is 0 Å². The summed E-state index contributed by atoms with van der Waals surface area (Å²) in [4.78, 5) is 7.07. The summed E-state index contributed by atoms with van der Waals surface area (Å²) in [5, 5.41) is 9.13. The van der Waals surface area contributed by atoms with Crippen LogP contribution < -0.4 is 15.8 Å². The molecule has 5 rings (SSSR count). The topological polar surface area (TPSA) is 78.9 Å². The molecule has 166 valence electrons. The molecule has 0 fully saturated rings. The maximum atomic E-state index is 6.39. The van der Waals surface area contributed by atoms with Crippen molar-refractivity contribution >= 4 is 66.8 Å². The second-order valence-electron chi connectivity index (χ2n) is 8.26. The van der Waals surface area contributed by atoms with E-state index in [1.807, 2.05) is 36.4 Å². The van der Waals surface area contributed by atoms with Gasteiger partial charge in [-0.25, -0.2) is 0 Å². The van der Waals surface area contributed by atoms with Gasteiger partial charge in [-0.2, -0.15) is 0 Å². The molecule has 5 aromatic rings. The zero-order valence-electron chi connectivity index (χ0n) is 17.9. The minimum absolute atomic E-state index is 0.195. The second-order valence-corrected chi connectivity index (χ2v) is 9.13. The molecule has 0 aliphatic heterocycles. The van der Waals surface area contributed by atoms with Crippen LogP contribution in [0.3, 0.4) is 0 Å². The van der Waals surface area contributed by atoms with Gasteiger partial charge in [-0.3, -0.25) is 0 Å². The first-order chi connectivity index (χ1) is 15.5. The standard InChI is InChI=1S/C25H26Cl2N4O/c1-2-16(28)13-29-8-3-9-32-25-23-19(17-10-14(26)4-6-21(17)30-23)12-20-18-11-15(27)5-7-22(18)31-24(20)25/h4-7,10-12,16,29-31H,2-3,8-9,13,28H2,1H3. The molecule has 1 atom stereocenters. The zero-order chi connectivity index (χ0) is 22.2. The molecule has 0 amide bonds. The molecule has 5 N–H and O–H groups in total. The van der Waals surface area contributed by atoms with Gasteiger partial charge in [0.2, 0.25) is 0 Å². The Kier molecular flexibility index (Phi) is 5.91. The normalized spacial score (nSPS) is 13.0. The quantitative estimate of drug-likeness (QED) is 0.200. The largest absolute Gasteiger partial charge is 0.489 e. The first kappa shape index (κ1) is 21.4. The minimum atomic E-state index is 0.195. The molecular weight excluding hydrogens is 443 g/mol. The number of H-pyrrole nitrogens is 2. The molecule has 2 heterocycles. The minimum Gasteiger partial charge on any atom is -0.489 e. The van der Waals surface area contributed by atoms with Gasteiger partial charge in [-0.05, 0) is 61.9 Å². The first-order valence-electron chi connectivity index (χ1n) is 11.0. The third-order valence-corrected chi connectivity index (χ3v) is 6.49. The number of aromatic nitrogens is 2. The molecule has 0 aliphatic carbocycles. The highest BCUT2D eigenvalue weighted by atomic mass is 35.5. The van der Waals surface area contributed by atoms with E-state index >= 15 is 0 Å². The monoisotopic (exact) mass is 468 g/mol. The summed E-state index contributed by atoms with van der Waals surface area (Å²) in [6.07, 6.45) is 1.85. The number of hydrogen-bond acceptors (Lipinski definition) is 3. The summed E-state index contributed by atoms with van der Waals surface area (Å²) < 4.78 is 6.39. The lowest BCUT2D eigenvalue weighted by Crippen LogP contribution is -2.34. The van der Waals surface area contributed by atoms with Crippen LogP contribution >= 0.6 is 23.2 Å². The molecule has 0 saturated heterocycles. The number of nitrogens with two attached hydrogens (primary N) is 1. The molecule has 7 heteroatoms. The van der Waals surface area contributed by atoms with E-state index in [0.717, 1.165) is 75.3 Å². The summed E-state index contributed by atoms with van der Waals surface area (Å²) in [6.45, 7) is 4.37. The maximum Gasteiger partial charge on any atom is 0.167 e. The van der Waals surface area contributed by atoms with Gasteiger partial charge in [-0.15, -0.1) is 0 Å². The highest BCUT2D eigenvalue weighted by molar-refractivity contribution is 6.33. The summed E-state index contributed by atoms with van der Waals surface area (Å²) >= 11 is 12.6. The molecule has 0 radical (unpaired) electrons. The molecule has 0 spiro atoms. The number of aromatic amines is 2. The molecule has 1 unspecified atom stereocenters. The van der Waals surface area contributed by atoms with Gasteiger partial charge >= 0.3 is 0 Å². The van der Waals surface area contributed by atoms with E-state index in [1.165, 1.54) is 0 Å². The van der Waals surface area contributed by atoms with Gasteiger partial charge in [0.1, 0.15) is 0 Å². The van der Waals surface area contributed by atoms with Crippen LogP contribution in [0.15, 0.2) is 42.5 Å². The van der Waals surface area contributed by atoms with Crippen molar-refractivity contribution in [3.8, 4) is 5.75 Å². The summed E-state index contributed by atoms with van der Waals surface area (Å²) in [6, 6.07) is 14.2. The number of rotatable bonds is 8. The Labute approximate surface area is 196 Å². The van der Waals surface area contributed by atoms with Crippen LogP contribution in [0.2, 0.25) is 10.0 Å². The van der Waals surface area contributed by atoms with E-state index in [2.05, 4.69) is 28.3 Å². The summed E-state index contributed by atoms with van der Waals surface area (Å²) in [7, 11) is 0. The van der Waals surface area contributed by atoms with Crippen LogP contribution in [0.1, 0.15) is 19.8 Å². The van der Waals surface area contributed by atoms with Gasteiger partial charge in [-0.1, -0.05) is 30.1 Å². The molecular formula is C25H26Cl2N4O. The van der Waals surface area contributed by atoms with Crippen molar-refractivity contribution < 1.29 is 4.74 Å². The third-order valence-electron chi connectivity index (χ3n) is 6.02. The Morgan fingerprint density at radius 1 is 0.906 bits per heavy atom. The Morgan fingerprint density at radius 2 is 1.50 bits per heavy atom. The Hall–Kier alpha value is -2.44. The van der Waals surface area contributed by atoms with Crippen molar-refractivity contribution in [2.24, 2.45) is 5.73 Å². The Morgan fingerprint density at radius 3 is 2.06 bits per heavy atom. The molecule has 2 aromatic heterocycles. The highest BCUT2D eigenvalue weighted by Gasteiger charge is 2.18. The van der Waals surface area contributed by atoms with Crippen molar-refractivity contribution in [2.45, 2.75) is 25.8 Å². The van der Waals surface area contributed by atoms with Crippen LogP contribution in [0.5, 0.6) is 5.75 Å². The highest BCUT2D eigenvalue weighted by Crippen LogP contribution is 2.41. The van der Waals surface area contributed by atoms with Crippen LogP contribution in [0.25, 0.3) is 43.6 Å². The van der Waals surface area contributed by atoms with Gasteiger partial charge in [0.05, 0.1) is 17.6 Å². The molecule has 5 nitrogen and oxygen atoms in total. The van der Waals surface area contributed by atoms with Crippen molar-refractivity contribution in [2.75, 3.05) is 19.7 Å². The molecule has 0 saturated carbocycles. The summed E-state index contributed by atoms with van der Waals surface area (Å²) in [5.41, 5.74) is 9.96. The fraction of sp³-hybridized carbons (Fsp3) is 0.280. The van der Waals surface area contributed by atoms with Gasteiger partial charge in [0.15, 0.2) is 5.75 Å². The van der Waals surface area contributed by atoms with Gasteiger partial charge in [0, 0.05) is 55.2 Å². The molecule has 3 aromatic carbocycles. The predicted octanol–water partition coefficient (Wildman–Crippen LogP) is 6.36. The summed E-state index contributed by atoms with van der Waals surface area (Å²) in [5.74, 6) is 0.822. The SMILES string of the molecule is CCC(N)CNCCCOc1c2[nH]c3ccc(Cl)cc3c2cc2c1[nH]c1ccc(Cl)cc12. The molecule has 0 aliphatic rings. The first-order valence-corrected chi connectivity index (χ1v) is 11.7. The average molecular weight is 469 g/mol. The number of nitrogens with one attached hydrogen (secondary N) is 3. The van der Waals surface area contributed by atoms with E-state index < -0.39 is 0 Å². The smallest absolute Gasteiger partial charge is 0.167 e. The van der Waals surface area contributed by atoms with Crippen molar-refractivity contribution in [3.63, 3.8) is 0 Å². The second kappa shape index (κ2) is 8.83. The van der Waals surface area contributed by atoms with E-state index in [9.17, 15) is 0 Å². The number of halogens is 2. The zero-order valence-corrected chi connectivity index (χ0v) is 19.4. The van der Waals surface area contributed by atoms with E-state index in [4.69, 9.17) is 33.7 Å². The van der Waals surface area contributed by atoms with Crippen LogP contribution in [-0.2, 0) is 0 Å². The van der Waals surface area contributed by atoms with E-state index in [-0.39, 0.29) is 6.04 Å². The lowest BCUT2D eigenvalue weighted by molar-refractivity contribution is 0.313. The molecule has 0 bridgehead atoms. The number of benzene rings is 3. The predicted molar refractivity (Wildman–Crippen MR) is 136 cm³/mol. The van der Waals surface area contributed by atoms with Crippen LogP contribution in [0, 0.1) is 0 Å². The van der Waals surface area contributed by atoms with Gasteiger partial charge < -0.3 is 25.8 Å². The van der Waals surface area contributed by atoms with Crippen LogP contribution in [-0.4, -0.2) is 35.7 Å². The number of hydrogen-bond donors (Lipinski definition) is 4. The van der Waals surface area contributed by atoms with Crippen molar-refractivity contribution in [1.82, 2.24) is 15.3 Å². The lowest BCUT2D eigenvalue weighted by atomic mass is 10.1. The van der Waals surface area contributed by atoms with Gasteiger partial charge in [0.25, 0.3) is 0 Å². The van der Waals surface area contributed by atoms with E-state index in [1.54, 1.807) is 0 Å². The number of fused-ring (bicyclic) bond motifs is 6. The maximum absolute atomic E-state index is 6.39. The Bertz CT molecular complexity index is 1330. The Balaban J connectivity index is 1.56. The fourth-order valence-electron chi connectivity index (χ4n) is 4.24. The third kappa shape index (κ3) is 3.90. The molecule has 32 heavy (non-hydrogen) atoms. The van der Waals surface area contributed by atoms with E-state index in [0.29, 0.717) is 16.7 Å².